The van der Waals surface area contributed by atoms with Crippen LogP contribution in [0.3, 0.4) is 0 Å². The number of anilines is 3. The average molecular weight is 419 g/mol. The van der Waals surface area contributed by atoms with Crippen molar-refractivity contribution in [2.75, 3.05) is 48.9 Å². The van der Waals surface area contributed by atoms with E-state index in [4.69, 9.17) is 16.3 Å². The molecular weight excluding hydrogens is 396 g/mol. The molecule has 9 heteroatoms. The summed E-state index contributed by atoms with van der Waals surface area (Å²) in [6.45, 7) is 2.66. The fourth-order valence-electron chi connectivity index (χ4n) is 3.30. The fraction of sp³-hybridized carbons (Fsp3) is 0.350. The van der Waals surface area contributed by atoms with Gasteiger partial charge in [0.1, 0.15) is 5.69 Å². The van der Waals surface area contributed by atoms with E-state index < -0.39 is 10.8 Å². The molecule has 0 unspecified atom stereocenters. The molecule has 2 N–H and O–H groups in total. The molecule has 1 aliphatic heterocycles. The molecule has 1 heterocycles. The molecule has 0 spiro atoms. The Morgan fingerprint density at radius 1 is 1.21 bits per heavy atom. The van der Waals surface area contributed by atoms with E-state index >= 15 is 0 Å². The van der Waals surface area contributed by atoms with Crippen LogP contribution in [0.1, 0.15) is 23.2 Å². The second kappa shape index (κ2) is 9.58. The summed E-state index contributed by atoms with van der Waals surface area (Å²) < 4.78 is 4.94. The molecule has 0 atom stereocenters. The first-order chi connectivity index (χ1) is 14.0. The summed E-state index contributed by atoms with van der Waals surface area (Å²) >= 11 is 6.12. The molecule has 1 amide bonds. The molecule has 8 nitrogen and oxygen atoms in total. The van der Waals surface area contributed by atoms with E-state index in [1.54, 1.807) is 25.3 Å². The number of carbonyl (C=O) groups excluding carboxylic acids is 1. The average Bonchev–Trinajstić information content (AvgIpc) is 3.23. The number of carbonyl (C=O) groups is 1. The third-order valence-electron chi connectivity index (χ3n) is 4.73. The molecule has 3 rings (SSSR count). The maximum atomic E-state index is 12.8. The van der Waals surface area contributed by atoms with Crippen molar-refractivity contribution in [3.8, 4) is 0 Å². The van der Waals surface area contributed by atoms with Gasteiger partial charge in [-0.05, 0) is 43.2 Å². The van der Waals surface area contributed by atoms with Crippen molar-refractivity contribution in [2.24, 2.45) is 0 Å². The molecule has 2 aromatic carbocycles. The molecule has 154 valence electrons. The van der Waals surface area contributed by atoms with Crippen LogP contribution < -0.4 is 15.5 Å². The van der Waals surface area contributed by atoms with Crippen molar-refractivity contribution >= 4 is 40.3 Å². The molecule has 0 aromatic heterocycles. The van der Waals surface area contributed by atoms with E-state index in [2.05, 4.69) is 15.5 Å². The standard InChI is InChI=1S/C20H23ClN4O4/c1-29-11-8-22-16-6-4-14(12-19(16)25(27)28)20(26)23-17-13-15(21)5-7-18(17)24-9-2-3-10-24/h4-7,12-13,22H,2-3,8-11H2,1H3,(H,23,26). The number of hydrogen-bond donors (Lipinski definition) is 2. The summed E-state index contributed by atoms with van der Waals surface area (Å²) in [6, 6.07) is 9.72. The van der Waals surface area contributed by atoms with E-state index in [-0.39, 0.29) is 11.3 Å². The maximum absolute atomic E-state index is 12.8. The van der Waals surface area contributed by atoms with Crippen LogP contribution in [0.5, 0.6) is 0 Å². The topological polar surface area (TPSA) is 96.7 Å². The molecule has 0 radical (unpaired) electrons. The lowest BCUT2D eigenvalue weighted by Gasteiger charge is -2.22. The second-order valence-corrected chi connectivity index (χ2v) is 7.15. The SMILES string of the molecule is COCCNc1ccc(C(=O)Nc2cc(Cl)ccc2N2CCCC2)cc1[N+](=O)[O-]. The highest BCUT2D eigenvalue weighted by molar-refractivity contribution is 6.31. The lowest BCUT2D eigenvalue weighted by molar-refractivity contribution is -0.384. The van der Waals surface area contributed by atoms with Crippen LogP contribution in [0, 0.1) is 10.1 Å². The summed E-state index contributed by atoms with van der Waals surface area (Å²) in [6.07, 6.45) is 2.19. The lowest BCUT2D eigenvalue weighted by Crippen LogP contribution is -2.21. The highest BCUT2D eigenvalue weighted by atomic mass is 35.5. The van der Waals surface area contributed by atoms with Gasteiger partial charge in [-0.25, -0.2) is 0 Å². The number of nitrogens with one attached hydrogen (secondary N) is 2. The number of hydrogen-bond acceptors (Lipinski definition) is 6. The second-order valence-electron chi connectivity index (χ2n) is 6.72. The Bertz CT molecular complexity index is 900. The molecular formula is C20H23ClN4O4. The molecule has 1 saturated heterocycles. The normalized spacial score (nSPS) is 13.4. The molecule has 2 aromatic rings. The van der Waals surface area contributed by atoms with Crippen LogP contribution in [-0.4, -0.2) is 44.2 Å². The van der Waals surface area contributed by atoms with Gasteiger partial charge in [0.25, 0.3) is 11.6 Å². The van der Waals surface area contributed by atoms with Gasteiger partial charge >= 0.3 is 0 Å². The Labute approximate surface area is 173 Å². The van der Waals surface area contributed by atoms with Crippen molar-refractivity contribution in [3.63, 3.8) is 0 Å². The molecule has 1 aliphatic rings. The van der Waals surface area contributed by atoms with Crippen molar-refractivity contribution in [3.05, 3.63) is 57.1 Å². The number of nitrogens with zero attached hydrogens (tertiary/aromatic N) is 2. The van der Waals surface area contributed by atoms with E-state index in [0.29, 0.717) is 29.5 Å². The number of rotatable bonds is 8. The minimum atomic E-state index is -0.513. The third-order valence-corrected chi connectivity index (χ3v) is 4.97. The minimum Gasteiger partial charge on any atom is -0.383 e. The van der Waals surface area contributed by atoms with Gasteiger partial charge in [0.05, 0.1) is 22.9 Å². The zero-order valence-electron chi connectivity index (χ0n) is 16.1. The minimum absolute atomic E-state index is 0.167. The van der Waals surface area contributed by atoms with Crippen LogP contribution in [0.15, 0.2) is 36.4 Å². The van der Waals surface area contributed by atoms with E-state index in [1.165, 1.54) is 12.1 Å². The van der Waals surface area contributed by atoms with Gasteiger partial charge in [-0.2, -0.15) is 0 Å². The summed E-state index contributed by atoms with van der Waals surface area (Å²) in [5.41, 5.74) is 1.85. The predicted molar refractivity (Wildman–Crippen MR) is 114 cm³/mol. The first-order valence-electron chi connectivity index (χ1n) is 9.36. The van der Waals surface area contributed by atoms with E-state index in [9.17, 15) is 14.9 Å². The summed E-state index contributed by atoms with van der Waals surface area (Å²) in [5.74, 6) is -0.431. The van der Waals surface area contributed by atoms with Crippen LogP contribution in [0.4, 0.5) is 22.7 Å². The number of amides is 1. The quantitative estimate of drug-likeness (QED) is 0.379. The Morgan fingerprint density at radius 2 is 1.97 bits per heavy atom. The molecule has 0 saturated carbocycles. The smallest absolute Gasteiger partial charge is 0.293 e. The molecule has 0 bridgehead atoms. The summed E-state index contributed by atoms with van der Waals surface area (Å²) in [5, 5.41) is 17.7. The molecule has 1 fully saturated rings. The number of ether oxygens (including phenoxy) is 1. The van der Waals surface area contributed by atoms with Gasteiger partial charge in [0.2, 0.25) is 0 Å². The number of halogens is 1. The Hall–Kier alpha value is -2.84. The largest absolute Gasteiger partial charge is 0.383 e. The van der Waals surface area contributed by atoms with Crippen molar-refractivity contribution in [2.45, 2.75) is 12.8 Å². The third kappa shape index (κ3) is 5.16. The highest BCUT2D eigenvalue weighted by Gasteiger charge is 2.20. The zero-order chi connectivity index (χ0) is 20.8. The van der Waals surface area contributed by atoms with E-state index in [0.717, 1.165) is 31.6 Å². The van der Waals surface area contributed by atoms with Gasteiger partial charge < -0.3 is 20.3 Å². The van der Waals surface area contributed by atoms with Gasteiger partial charge in [-0.1, -0.05) is 11.6 Å². The summed E-state index contributed by atoms with van der Waals surface area (Å²) in [7, 11) is 1.55. The predicted octanol–water partition coefficient (Wildman–Crippen LogP) is 4.16. The van der Waals surface area contributed by atoms with Crippen LogP contribution in [-0.2, 0) is 4.74 Å². The van der Waals surface area contributed by atoms with Gasteiger partial charge in [-0.15, -0.1) is 0 Å². The maximum Gasteiger partial charge on any atom is 0.293 e. The van der Waals surface area contributed by atoms with Gasteiger partial charge in [0, 0.05) is 43.4 Å². The number of methoxy groups -OCH3 is 1. The molecule has 0 aliphatic carbocycles. The lowest BCUT2D eigenvalue weighted by atomic mass is 10.1. The Balaban J connectivity index is 1.83. The molecule has 29 heavy (non-hydrogen) atoms. The first-order valence-corrected chi connectivity index (χ1v) is 9.74. The number of benzene rings is 2. The van der Waals surface area contributed by atoms with Crippen molar-refractivity contribution in [1.82, 2.24) is 0 Å². The fourth-order valence-corrected chi connectivity index (χ4v) is 3.47. The summed E-state index contributed by atoms with van der Waals surface area (Å²) in [4.78, 5) is 25.9. The Morgan fingerprint density at radius 3 is 2.66 bits per heavy atom. The zero-order valence-corrected chi connectivity index (χ0v) is 16.9. The van der Waals surface area contributed by atoms with Crippen molar-refractivity contribution < 1.29 is 14.5 Å². The van der Waals surface area contributed by atoms with Gasteiger partial charge in [-0.3, -0.25) is 14.9 Å². The van der Waals surface area contributed by atoms with Crippen LogP contribution in [0.25, 0.3) is 0 Å². The Kier molecular flexibility index (Phi) is 6.90. The van der Waals surface area contributed by atoms with E-state index in [1.807, 2.05) is 6.07 Å². The highest BCUT2D eigenvalue weighted by Crippen LogP contribution is 2.32. The number of nitro groups is 1. The first kappa shape index (κ1) is 20.9. The van der Waals surface area contributed by atoms with Gasteiger partial charge in [0.15, 0.2) is 0 Å². The monoisotopic (exact) mass is 418 g/mol. The van der Waals surface area contributed by atoms with Crippen molar-refractivity contribution in [1.29, 1.82) is 0 Å². The van der Waals surface area contributed by atoms with Crippen LogP contribution >= 0.6 is 11.6 Å². The van der Waals surface area contributed by atoms with Crippen LogP contribution in [0.2, 0.25) is 5.02 Å². The number of nitro benzene ring substituents is 1.